The van der Waals surface area contributed by atoms with Gasteiger partial charge >= 0.3 is 0 Å². The van der Waals surface area contributed by atoms with Crippen LogP contribution in [0, 0.1) is 5.82 Å². The standard InChI is InChI=1S/C27H32FN3O2S/c1-3-23(12-13-29-2)24-18-22(19-25(28)20-24)5-4-21-6-8-26(9-7-21)30-14-16-31(17-15-30)34(32,33)27-10-11-27/h3,6-9,12-13,18-20,27H,2,4-5,10-11,14-17H2,1H3/b13-12-,23-3+. The number of rotatable bonds is 9. The summed E-state index contributed by atoms with van der Waals surface area (Å²) in [5.41, 5.74) is 4.98. The van der Waals surface area contributed by atoms with E-state index in [1.54, 1.807) is 16.6 Å². The number of halogens is 1. The summed E-state index contributed by atoms with van der Waals surface area (Å²) in [5, 5.41) is -0.141. The number of sulfonamides is 1. The van der Waals surface area contributed by atoms with Crippen molar-refractivity contribution in [1.82, 2.24) is 4.31 Å². The van der Waals surface area contributed by atoms with E-state index in [1.165, 1.54) is 11.6 Å². The van der Waals surface area contributed by atoms with Crippen LogP contribution < -0.4 is 4.90 Å². The van der Waals surface area contributed by atoms with Gasteiger partial charge in [-0.15, -0.1) is 0 Å². The SMILES string of the molecule is C=N/C=C\C(=C/C)c1cc(F)cc(CCc2ccc(N3CCN(S(=O)(=O)C4CC4)CC3)cc2)c1. The molecule has 4 rings (SSSR count). The number of allylic oxidation sites excluding steroid dienone is 3. The van der Waals surface area contributed by atoms with E-state index < -0.39 is 10.0 Å². The molecule has 2 aromatic carbocycles. The maximum Gasteiger partial charge on any atom is 0.217 e. The molecule has 2 aromatic rings. The van der Waals surface area contributed by atoms with Gasteiger partial charge in [0.05, 0.1) is 5.25 Å². The van der Waals surface area contributed by atoms with Gasteiger partial charge in [-0.3, -0.25) is 4.99 Å². The van der Waals surface area contributed by atoms with Gasteiger partial charge in [0.15, 0.2) is 0 Å². The van der Waals surface area contributed by atoms with Gasteiger partial charge in [0.1, 0.15) is 5.82 Å². The van der Waals surface area contributed by atoms with Crippen LogP contribution in [0.5, 0.6) is 0 Å². The largest absolute Gasteiger partial charge is 0.369 e. The molecule has 1 saturated heterocycles. The van der Waals surface area contributed by atoms with Crippen molar-refractivity contribution in [3.05, 3.63) is 83.3 Å². The van der Waals surface area contributed by atoms with Crippen molar-refractivity contribution < 1.29 is 12.8 Å². The summed E-state index contributed by atoms with van der Waals surface area (Å²) in [6, 6.07) is 13.6. The number of nitrogens with zero attached hydrogens (tertiary/aromatic N) is 3. The summed E-state index contributed by atoms with van der Waals surface area (Å²) >= 11 is 0. The van der Waals surface area contributed by atoms with Crippen LogP contribution in [-0.2, 0) is 22.9 Å². The summed E-state index contributed by atoms with van der Waals surface area (Å²) in [4.78, 5) is 5.98. The molecule has 0 bridgehead atoms. The monoisotopic (exact) mass is 481 g/mol. The van der Waals surface area contributed by atoms with E-state index in [2.05, 4.69) is 40.9 Å². The Balaban J connectivity index is 1.35. The molecule has 34 heavy (non-hydrogen) atoms. The molecule has 0 N–H and O–H groups in total. The molecule has 7 heteroatoms. The highest BCUT2D eigenvalue weighted by molar-refractivity contribution is 7.90. The van der Waals surface area contributed by atoms with Crippen LogP contribution in [0.3, 0.4) is 0 Å². The minimum Gasteiger partial charge on any atom is -0.369 e. The maximum absolute atomic E-state index is 14.2. The van der Waals surface area contributed by atoms with E-state index in [1.807, 2.05) is 25.1 Å². The Morgan fingerprint density at radius 3 is 2.35 bits per heavy atom. The number of hydrogen-bond acceptors (Lipinski definition) is 4. The first-order valence-corrected chi connectivity index (χ1v) is 13.3. The van der Waals surface area contributed by atoms with Gasteiger partial charge in [-0.25, -0.2) is 12.8 Å². The average molecular weight is 482 g/mol. The Hall–Kier alpha value is -2.77. The van der Waals surface area contributed by atoms with Crippen LogP contribution in [-0.4, -0.2) is 50.9 Å². The lowest BCUT2D eigenvalue weighted by Gasteiger charge is -2.35. The molecule has 5 nitrogen and oxygen atoms in total. The van der Waals surface area contributed by atoms with Gasteiger partial charge in [-0.1, -0.05) is 24.3 Å². The Kier molecular flexibility index (Phi) is 7.63. The third kappa shape index (κ3) is 5.83. The summed E-state index contributed by atoms with van der Waals surface area (Å²) in [6.07, 6.45) is 8.52. The van der Waals surface area contributed by atoms with Crippen LogP contribution in [0.15, 0.2) is 65.8 Å². The molecule has 0 radical (unpaired) electrons. The zero-order chi connectivity index (χ0) is 24.1. The second-order valence-corrected chi connectivity index (χ2v) is 11.1. The van der Waals surface area contributed by atoms with Crippen molar-refractivity contribution in [3.63, 3.8) is 0 Å². The Morgan fingerprint density at radius 1 is 1.06 bits per heavy atom. The van der Waals surface area contributed by atoms with Gasteiger partial charge in [0, 0.05) is 38.1 Å². The van der Waals surface area contributed by atoms with E-state index in [4.69, 9.17) is 0 Å². The minimum atomic E-state index is -3.09. The second kappa shape index (κ2) is 10.7. The highest BCUT2D eigenvalue weighted by atomic mass is 32.2. The normalized spacial score (nSPS) is 17.9. The van der Waals surface area contributed by atoms with Gasteiger partial charge in [-0.05, 0) is 91.9 Å². The lowest BCUT2D eigenvalue weighted by atomic mass is 9.98. The van der Waals surface area contributed by atoms with E-state index in [-0.39, 0.29) is 11.1 Å². The van der Waals surface area contributed by atoms with E-state index >= 15 is 0 Å². The second-order valence-electron chi connectivity index (χ2n) is 8.89. The molecule has 2 aliphatic rings. The summed E-state index contributed by atoms with van der Waals surface area (Å²) in [7, 11) is -3.09. The molecule has 0 atom stereocenters. The fourth-order valence-electron chi connectivity index (χ4n) is 4.39. The first-order valence-electron chi connectivity index (χ1n) is 11.8. The van der Waals surface area contributed by atoms with Gasteiger partial charge < -0.3 is 4.90 Å². The predicted octanol–water partition coefficient (Wildman–Crippen LogP) is 4.84. The van der Waals surface area contributed by atoms with Crippen LogP contribution >= 0.6 is 0 Å². The molecule has 0 aromatic heterocycles. The molecule has 1 aliphatic carbocycles. The third-order valence-corrected chi connectivity index (χ3v) is 8.91. The lowest BCUT2D eigenvalue weighted by Crippen LogP contribution is -2.49. The molecule has 0 amide bonds. The average Bonchev–Trinajstić information content (AvgIpc) is 3.70. The maximum atomic E-state index is 14.2. The molecule has 180 valence electrons. The molecular weight excluding hydrogens is 449 g/mol. The smallest absolute Gasteiger partial charge is 0.217 e. The van der Waals surface area contributed by atoms with Gasteiger partial charge in [-0.2, -0.15) is 4.31 Å². The Labute approximate surface area is 202 Å². The molecule has 0 spiro atoms. The van der Waals surface area contributed by atoms with Crippen molar-refractivity contribution in [2.75, 3.05) is 31.1 Å². The fourth-order valence-corrected chi connectivity index (χ4v) is 6.22. The first kappa shape index (κ1) is 24.4. The van der Waals surface area contributed by atoms with Crippen molar-refractivity contribution >= 4 is 28.0 Å². The number of aryl methyl sites for hydroxylation is 2. The Bertz CT molecular complexity index is 1180. The minimum absolute atomic E-state index is 0.141. The molecule has 0 unspecified atom stereocenters. The van der Waals surface area contributed by atoms with Gasteiger partial charge in [0.25, 0.3) is 0 Å². The van der Waals surface area contributed by atoms with Crippen molar-refractivity contribution in [1.29, 1.82) is 0 Å². The number of benzene rings is 2. The van der Waals surface area contributed by atoms with E-state index in [9.17, 15) is 12.8 Å². The number of aliphatic imine (C=N–C) groups is 1. The highest BCUT2D eigenvalue weighted by Crippen LogP contribution is 2.32. The highest BCUT2D eigenvalue weighted by Gasteiger charge is 2.40. The number of hydrogen-bond donors (Lipinski definition) is 0. The fraction of sp³-hybridized carbons (Fsp3) is 0.370. The molecule has 2 fully saturated rings. The summed E-state index contributed by atoms with van der Waals surface area (Å²) in [5.74, 6) is -0.245. The van der Waals surface area contributed by atoms with E-state index in [0.29, 0.717) is 26.2 Å². The molecule has 1 aliphatic heterocycles. The van der Waals surface area contributed by atoms with Crippen LogP contribution in [0.25, 0.3) is 5.57 Å². The van der Waals surface area contributed by atoms with Crippen molar-refractivity contribution in [2.24, 2.45) is 4.99 Å². The molecule has 1 saturated carbocycles. The summed E-state index contributed by atoms with van der Waals surface area (Å²) < 4.78 is 40.8. The molecule has 1 heterocycles. The first-order chi connectivity index (χ1) is 16.4. The number of piperazine rings is 1. The lowest BCUT2D eigenvalue weighted by molar-refractivity contribution is 0.384. The predicted molar refractivity (Wildman–Crippen MR) is 138 cm³/mol. The quantitative estimate of drug-likeness (QED) is 0.380. The topological polar surface area (TPSA) is 53.0 Å². The summed E-state index contributed by atoms with van der Waals surface area (Å²) in [6.45, 7) is 7.88. The zero-order valence-electron chi connectivity index (χ0n) is 19.7. The van der Waals surface area contributed by atoms with Crippen LogP contribution in [0.2, 0.25) is 0 Å². The Morgan fingerprint density at radius 2 is 1.74 bits per heavy atom. The van der Waals surface area contributed by atoms with E-state index in [0.717, 1.165) is 48.1 Å². The van der Waals surface area contributed by atoms with Gasteiger partial charge in [0.2, 0.25) is 10.0 Å². The van der Waals surface area contributed by atoms with Crippen LogP contribution in [0.4, 0.5) is 10.1 Å². The van der Waals surface area contributed by atoms with Crippen molar-refractivity contribution in [2.45, 2.75) is 37.9 Å². The van der Waals surface area contributed by atoms with Crippen LogP contribution in [0.1, 0.15) is 36.5 Å². The van der Waals surface area contributed by atoms with Crippen molar-refractivity contribution in [3.8, 4) is 0 Å². The molecular formula is C27H32FN3O2S. The third-order valence-electron chi connectivity index (χ3n) is 6.51. The zero-order valence-corrected chi connectivity index (χ0v) is 20.5. The number of anilines is 1.